The molecule has 0 aromatic carbocycles. The second kappa shape index (κ2) is 6.67. The summed E-state index contributed by atoms with van der Waals surface area (Å²) in [5.41, 5.74) is 0. The molecule has 24 heavy (non-hydrogen) atoms. The number of nitrogens with one attached hydrogen (secondary N) is 1. The van der Waals surface area contributed by atoms with Gasteiger partial charge in [0.2, 0.25) is 11.9 Å². The summed E-state index contributed by atoms with van der Waals surface area (Å²) in [7, 11) is 0. The number of fused-ring (bicyclic) bond motifs is 1. The van der Waals surface area contributed by atoms with Crippen LogP contribution in [-0.2, 0) is 9.53 Å². The molecular formula is C18H26N4O2. The maximum atomic E-state index is 11.6. The molecule has 1 saturated heterocycles. The molecule has 4 rings (SSSR count). The van der Waals surface area contributed by atoms with E-state index in [2.05, 4.69) is 20.2 Å². The van der Waals surface area contributed by atoms with Crippen molar-refractivity contribution in [3.05, 3.63) is 18.5 Å². The lowest BCUT2D eigenvalue weighted by atomic mass is 9.77. The van der Waals surface area contributed by atoms with Crippen LogP contribution in [0.5, 0.6) is 0 Å². The van der Waals surface area contributed by atoms with Crippen molar-refractivity contribution in [2.45, 2.75) is 44.8 Å². The third kappa shape index (κ3) is 3.53. The Labute approximate surface area is 143 Å². The van der Waals surface area contributed by atoms with Gasteiger partial charge in [-0.1, -0.05) is 0 Å². The molecule has 0 radical (unpaired) electrons. The fraction of sp³-hybridized carbons (Fsp3) is 0.722. The Kier molecular flexibility index (Phi) is 4.39. The Morgan fingerprint density at radius 1 is 1.25 bits per heavy atom. The molecule has 0 bridgehead atoms. The third-order valence-electron chi connectivity index (χ3n) is 5.58. The van der Waals surface area contributed by atoms with Crippen LogP contribution >= 0.6 is 0 Å². The monoisotopic (exact) mass is 330 g/mol. The lowest BCUT2D eigenvalue weighted by molar-refractivity contribution is -0.122. The number of amides is 1. The Morgan fingerprint density at radius 2 is 1.96 bits per heavy atom. The van der Waals surface area contributed by atoms with Crippen molar-refractivity contribution in [3.8, 4) is 0 Å². The molecule has 1 aromatic rings. The fourth-order valence-corrected chi connectivity index (χ4v) is 4.17. The van der Waals surface area contributed by atoms with E-state index in [-0.39, 0.29) is 18.1 Å². The molecule has 1 amide bonds. The maximum absolute atomic E-state index is 11.6. The average Bonchev–Trinajstić information content (AvgIpc) is 3.31. The highest BCUT2D eigenvalue weighted by Crippen LogP contribution is 2.39. The van der Waals surface area contributed by atoms with E-state index in [4.69, 9.17) is 4.74 Å². The second-order valence-electron chi connectivity index (χ2n) is 7.57. The molecule has 130 valence electrons. The first-order valence-electron chi connectivity index (χ1n) is 9.09. The van der Waals surface area contributed by atoms with Gasteiger partial charge in [-0.3, -0.25) is 4.79 Å². The minimum atomic E-state index is 0.0414. The van der Waals surface area contributed by atoms with Gasteiger partial charge in [0.05, 0.1) is 12.1 Å². The van der Waals surface area contributed by atoms with Crippen LogP contribution in [0, 0.1) is 17.8 Å². The van der Waals surface area contributed by atoms with Crippen LogP contribution < -0.4 is 10.2 Å². The molecule has 3 fully saturated rings. The summed E-state index contributed by atoms with van der Waals surface area (Å²) in [6.07, 6.45) is 8.34. The van der Waals surface area contributed by atoms with Crippen molar-refractivity contribution in [1.29, 1.82) is 0 Å². The first-order valence-corrected chi connectivity index (χ1v) is 9.09. The molecule has 2 aliphatic carbocycles. The van der Waals surface area contributed by atoms with Gasteiger partial charge in [-0.25, -0.2) is 9.97 Å². The molecule has 0 unspecified atom stereocenters. The van der Waals surface area contributed by atoms with E-state index in [1.165, 1.54) is 12.8 Å². The van der Waals surface area contributed by atoms with Crippen molar-refractivity contribution in [3.63, 3.8) is 0 Å². The van der Waals surface area contributed by atoms with Crippen LogP contribution in [0.25, 0.3) is 0 Å². The van der Waals surface area contributed by atoms with E-state index in [1.54, 1.807) is 19.3 Å². The van der Waals surface area contributed by atoms with Gasteiger partial charge in [0, 0.05) is 39.0 Å². The summed E-state index contributed by atoms with van der Waals surface area (Å²) in [6.45, 7) is 4.41. The Balaban J connectivity index is 1.43. The molecule has 0 spiro atoms. The highest BCUT2D eigenvalue weighted by Gasteiger charge is 2.44. The summed E-state index contributed by atoms with van der Waals surface area (Å²) < 4.78 is 6.21. The number of ether oxygens (including phenoxy) is 1. The minimum absolute atomic E-state index is 0.0414. The molecular weight excluding hydrogens is 304 g/mol. The predicted octanol–water partition coefficient (Wildman–Crippen LogP) is 1.62. The van der Waals surface area contributed by atoms with Gasteiger partial charge in [0.15, 0.2) is 0 Å². The van der Waals surface area contributed by atoms with Crippen LogP contribution in [0.4, 0.5) is 5.95 Å². The molecule has 2 heterocycles. The van der Waals surface area contributed by atoms with Gasteiger partial charge < -0.3 is 15.0 Å². The van der Waals surface area contributed by atoms with Crippen molar-refractivity contribution >= 4 is 11.9 Å². The molecule has 3 aliphatic rings. The lowest BCUT2D eigenvalue weighted by Crippen LogP contribution is -2.50. The van der Waals surface area contributed by atoms with Crippen LogP contribution in [0.1, 0.15) is 32.6 Å². The highest BCUT2D eigenvalue weighted by atomic mass is 16.5. The number of hydrogen-bond donors (Lipinski definition) is 1. The van der Waals surface area contributed by atoms with E-state index < -0.39 is 0 Å². The number of hydrogen-bond acceptors (Lipinski definition) is 5. The summed E-state index contributed by atoms with van der Waals surface area (Å²) in [5.74, 6) is 2.78. The standard InChI is InChI=1S/C18H26N4O2/c1-12(23)21-16-7-14-9-22(18-19-5-2-6-20-18)10-15(14)8-17(16)24-11-13-3-4-13/h2,5-6,13-17H,3-4,7-11H2,1H3,(H,21,23)/t14-,15+,16-,17-/m1/s1. The van der Waals surface area contributed by atoms with E-state index in [9.17, 15) is 4.79 Å². The molecule has 6 heteroatoms. The quantitative estimate of drug-likeness (QED) is 0.889. The smallest absolute Gasteiger partial charge is 0.225 e. The topological polar surface area (TPSA) is 67.4 Å². The van der Waals surface area contributed by atoms with Crippen LogP contribution in [0.2, 0.25) is 0 Å². The number of carbonyl (C=O) groups is 1. The highest BCUT2D eigenvalue weighted by molar-refractivity contribution is 5.73. The summed E-state index contributed by atoms with van der Waals surface area (Å²) in [5, 5.41) is 3.13. The van der Waals surface area contributed by atoms with Gasteiger partial charge in [-0.2, -0.15) is 0 Å². The number of carbonyl (C=O) groups excluding carboxylic acids is 1. The van der Waals surface area contributed by atoms with Gasteiger partial charge in [-0.15, -0.1) is 0 Å². The van der Waals surface area contributed by atoms with Crippen molar-refractivity contribution in [2.75, 3.05) is 24.6 Å². The number of nitrogens with zero attached hydrogens (tertiary/aromatic N) is 3. The van der Waals surface area contributed by atoms with Crippen molar-refractivity contribution in [2.24, 2.45) is 17.8 Å². The lowest BCUT2D eigenvalue weighted by Gasteiger charge is -2.38. The molecule has 1 N–H and O–H groups in total. The summed E-state index contributed by atoms with van der Waals surface area (Å²) >= 11 is 0. The van der Waals surface area contributed by atoms with Gasteiger partial charge in [-0.05, 0) is 49.5 Å². The molecule has 2 saturated carbocycles. The number of aromatic nitrogens is 2. The first-order chi connectivity index (χ1) is 11.7. The minimum Gasteiger partial charge on any atom is -0.376 e. The first kappa shape index (κ1) is 15.8. The summed E-state index contributed by atoms with van der Waals surface area (Å²) in [6, 6.07) is 1.99. The number of rotatable bonds is 5. The van der Waals surface area contributed by atoms with Gasteiger partial charge >= 0.3 is 0 Å². The van der Waals surface area contributed by atoms with Gasteiger partial charge in [0.25, 0.3) is 0 Å². The second-order valence-corrected chi connectivity index (χ2v) is 7.57. The fourth-order valence-electron chi connectivity index (χ4n) is 4.17. The zero-order valence-corrected chi connectivity index (χ0v) is 14.2. The van der Waals surface area contributed by atoms with Crippen molar-refractivity contribution in [1.82, 2.24) is 15.3 Å². The molecule has 4 atom stereocenters. The predicted molar refractivity (Wildman–Crippen MR) is 90.5 cm³/mol. The van der Waals surface area contributed by atoms with E-state index in [1.807, 2.05) is 6.07 Å². The van der Waals surface area contributed by atoms with E-state index in [0.717, 1.165) is 44.4 Å². The third-order valence-corrected chi connectivity index (χ3v) is 5.58. The Morgan fingerprint density at radius 3 is 2.62 bits per heavy atom. The van der Waals surface area contributed by atoms with Crippen LogP contribution in [-0.4, -0.2) is 47.7 Å². The van der Waals surface area contributed by atoms with Gasteiger partial charge in [0.1, 0.15) is 0 Å². The van der Waals surface area contributed by atoms with E-state index in [0.29, 0.717) is 11.8 Å². The molecule has 6 nitrogen and oxygen atoms in total. The SMILES string of the molecule is CC(=O)N[C@@H]1C[C@@H]2CN(c3ncccn3)C[C@@H]2C[C@H]1OCC1CC1. The van der Waals surface area contributed by atoms with Crippen molar-refractivity contribution < 1.29 is 9.53 Å². The summed E-state index contributed by atoms with van der Waals surface area (Å²) in [4.78, 5) is 22.6. The number of anilines is 1. The van der Waals surface area contributed by atoms with E-state index >= 15 is 0 Å². The normalized spacial score (nSPS) is 32.5. The Hall–Kier alpha value is -1.69. The zero-order chi connectivity index (χ0) is 16.5. The Bertz CT molecular complexity index is 578. The zero-order valence-electron chi connectivity index (χ0n) is 14.2. The molecule has 1 aliphatic heterocycles. The van der Waals surface area contributed by atoms with Crippen LogP contribution in [0.3, 0.4) is 0 Å². The average molecular weight is 330 g/mol. The molecule has 1 aromatic heterocycles. The maximum Gasteiger partial charge on any atom is 0.225 e. The largest absolute Gasteiger partial charge is 0.376 e. The van der Waals surface area contributed by atoms with Crippen LogP contribution in [0.15, 0.2) is 18.5 Å².